The molecule has 84 valence electrons. The van der Waals surface area contributed by atoms with Crippen LogP contribution in [-0.2, 0) is 0 Å². The first-order chi connectivity index (χ1) is 7.72. The monoisotopic (exact) mass is 282 g/mol. The largest absolute Gasteiger partial charge is 0.496 e. The molecular weight excluding hydrogens is 272 g/mol. The van der Waals surface area contributed by atoms with Gasteiger partial charge < -0.3 is 14.3 Å². The first-order valence-electron chi connectivity index (χ1n) is 4.76. The van der Waals surface area contributed by atoms with Gasteiger partial charge in [0.2, 0.25) is 0 Å². The summed E-state index contributed by atoms with van der Waals surface area (Å²) < 4.78 is 10.9. The Bertz CT molecular complexity index is 465. The molecule has 1 atom stereocenters. The standard InChI is InChI=1S/C12H11BrO3/c1-15-11-3-2-8(6-10(11)13)12(14)9-4-5-16-7-9/h2-7,12,14H,1H3. The summed E-state index contributed by atoms with van der Waals surface area (Å²) in [6, 6.07) is 7.20. The average molecular weight is 283 g/mol. The van der Waals surface area contributed by atoms with Crippen molar-refractivity contribution in [3.8, 4) is 5.75 Å². The molecule has 1 N–H and O–H groups in total. The minimum absolute atomic E-state index is 0.680. The molecule has 1 aromatic heterocycles. The molecule has 16 heavy (non-hydrogen) atoms. The fourth-order valence-electron chi connectivity index (χ4n) is 1.48. The summed E-state index contributed by atoms with van der Waals surface area (Å²) in [5.74, 6) is 0.739. The van der Waals surface area contributed by atoms with E-state index >= 15 is 0 Å². The summed E-state index contributed by atoms with van der Waals surface area (Å²) in [4.78, 5) is 0. The van der Waals surface area contributed by atoms with Gasteiger partial charge in [-0.25, -0.2) is 0 Å². The number of rotatable bonds is 3. The van der Waals surface area contributed by atoms with Gasteiger partial charge in [-0.15, -0.1) is 0 Å². The number of aliphatic hydroxyl groups excluding tert-OH is 1. The number of aliphatic hydroxyl groups is 1. The molecular formula is C12H11BrO3. The zero-order valence-corrected chi connectivity index (χ0v) is 10.3. The van der Waals surface area contributed by atoms with Crippen LogP contribution in [0.5, 0.6) is 5.75 Å². The van der Waals surface area contributed by atoms with E-state index in [4.69, 9.17) is 9.15 Å². The molecule has 0 aliphatic rings. The van der Waals surface area contributed by atoms with Crippen molar-refractivity contribution in [2.45, 2.75) is 6.10 Å². The number of hydrogen-bond acceptors (Lipinski definition) is 3. The number of methoxy groups -OCH3 is 1. The first kappa shape index (κ1) is 11.2. The van der Waals surface area contributed by atoms with Crippen molar-refractivity contribution in [3.05, 3.63) is 52.4 Å². The van der Waals surface area contributed by atoms with Gasteiger partial charge >= 0.3 is 0 Å². The molecule has 0 aliphatic heterocycles. The van der Waals surface area contributed by atoms with Gasteiger partial charge in [-0.05, 0) is 39.7 Å². The predicted octanol–water partition coefficient (Wildman–Crippen LogP) is 3.13. The summed E-state index contributed by atoms with van der Waals surface area (Å²) in [5, 5.41) is 10.0. The SMILES string of the molecule is COc1ccc(C(O)c2ccoc2)cc1Br. The van der Waals surface area contributed by atoms with E-state index in [0.29, 0.717) is 0 Å². The van der Waals surface area contributed by atoms with Crippen molar-refractivity contribution in [2.24, 2.45) is 0 Å². The first-order valence-corrected chi connectivity index (χ1v) is 5.55. The lowest BCUT2D eigenvalue weighted by Crippen LogP contribution is -1.98. The number of halogens is 1. The van der Waals surface area contributed by atoms with Gasteiger partial charge in [-0.3, -0.25) is 0 Å². The second-order valence-electron chi connectivity index (χ2n) is 3.35. The Labute approximate surface area is 102 Å². The van der Waals surface area contributed by atoms with Gasteiger partial charge in [0.15, 0.2) is 0 Å². The summed E-state index contributed by atoms with van der Waals surface area (Å²) >= 11 is 3.38. The average Bonchev–Trinajstić information content (AvgIpc) is 2.81. The zero-order chi connectivity index (χ0) is 11.5. The molecule has 1 heterocycles. The van der Waals surface area contributed by atoms with Gasteiger partial charge in [0.1, 0.15) is 11.9 Å². The molecule has 2 rings (SSSR count). The van der Waals surface area contributed by atoms with E-state index in [2.05, 4.69) is 15.9 Å². The van der Waals surface area contributed by atoms with Crippen molar-refractivity contribution < 1.29 is 14.3 Å². The number of hydrogen-bond donors (Lipinski definition) is 1. The second-order valence-corrected chi connectivity index (χ2v) is 4.21. The highest BCUT2D eigenvalue weighted by molar-refractivity contribution is 9.10. The fourth-order valence-corrected chi connectivity index (χ4v) is 2.03. The highest BCUT2D eigenvalue weighted by Crippen LogP contribution is 2.30. The van der Waals surface area contributed by atoms with E-state index in [0.717, 1.165) is 21.3 Å². The Morgan fingerprint density at radius 3 is 2.69 bits per heavy atom. The van der Waals surface area contributed by atoms with Crippen LogP contribution in [0.4, 0.5) is 0 Å². The predicted molar refractivity (Wildman–Crippen MR) is 63.5 cm³/mol. The smallest absolute Gasteiger partial charge is 0.133 e. The number of ether oxygens (including phenoxy) is 1. The van der Waals surface area contributed by atoms with Gasteiger partial charge in [-0.2, -0.15) is 0 Å². The van der Waals surface area contributed by atoms with Crippen LogP contribution >= 0.6 is 15.9 Å². The lowest BCUT2D eigenvalue weighted by Gasteiger charge is -2.10. The molecule has 4 heteroatoms. The Morgan fingerprint density at radius 1 is 1.31 bits per heavy atom. The van der Waals surface area contributed by atoms with Crippen LogP contribution in [0.1, 0.15) is 17.2 Å². The summed E-state index contributed by atoms with van der Waals surface area (Å²) in [6.07, 6.45) is 2.39. The number of furan rings is 1. The molecule has 0 amide bonds. The Hall–Kier alpha value is -1.26. The minimum atomic E-state index is -0.680. The van der Waals surface area contributed by atoms with E-state index in [1.54, 1.807) is 13.2 Å². The highest BCUT2D eigenvalue weighted by atomic mass is 79.9. The van der Waals surface area contributed by atoms with Crippen LogP contribution in [0.15, 0.2) is 45.7 Å². The number of benzene rings is 1. The molecule has 0 aliphatic carbocycles. The minimum Gasteiger partial charge on any atom is -0.496 e. The van der Waals surface area contributed by atoms with E-state index in [1.807, 2.05) is 18.2 Å². The van der Waals surface area contributed by atoms with Crippen LogP contribution in [-0.4, -0.2) is 12.2 Å². The molecule has 1 aromatic carbocycles. The summed E-state index contributed by atoms with van der Waals surface area (Å²) in [5.41, 5.74) is 1.52. The molecule has 0 fully saturated rings. The lowest BCUT2D eigenvalue weighted by atomic mass is 10.0. The van der Waals surface area contributed by atoms with Crippen molar-refractivity contribution >= 4 is 15.9 Å². The topological polar surface area (TPSA) is 42.6 Å². The lowest BCUT2D eigenvalue weighted by molar-refractivity contribution is 0.219. The molecule has 0 saturated heterocycles. The van der Waals surface area contributed by atoms with Gasteiger partial charge in [0.05, 0.1) is 24.1 Å². The maximum atomic E-state index is 10.0. The Morgan fingerprint density at radius 2 is 2.12 bits per heavy atom. The maximum absolute atomic E-state index is 10.0. The quantitative estimate of drug-likeness (QED) is 0.941. The van der Waals surface area contributed by atoms with Crippen molar-refractivity contribution in [1.29, 1.82) is 0 Å². The van der Waals surface area contributed by atoms with Crippen molar-refractivity contribution in [1.82, 2.24) is 0 Å². The van der Waals surface area contributed by atoms with Crippen LogP contribution in [0.3, 0.4) is 0 Å². The third-order valence-electron chi connectivity index (χ3n) is 2.35. The van der Waals surface area contributed by atoms with E-state index in [-0.39, 0.29) is 0 Å². The fraction of sp³-hybridized carbons (Fsp3) is 0.167. The Kier molecular flexibility index (Phi) is 3.31. The highest BCUT2D eigenvalue weighted by Gasteiger charge is 2.13. The molecule has 0 spiro atoms. The third kappa shape index (κ3) is 2.13. The third-order valence-corrected chi connectivity index (χ3v) is 2.97. The van der Waals surface area contributed by atoms with E-state index < -0.39 is 6.10 Å². The normalized spacial score (nSPS) is 12.4. The van der Waals surface area contributed by atoms with Crippen molar-refractivity contribution in [2.75, 3.05) is 7.11 Å². The summed E-state index contributed by atoms with van der Waals surface area (Å²) in [7, 11) is 1.60. The van der Waals surface area contributed by atoms with Crippen LogP contribution in [0.2, 0.25) is 0 Å². The van der Waals surface area contributed by atoms with Gasteiger partial charge in [-0.1, -0.05) is 6.07 Å². The summed E-state index contributed by atoms with van der Waals surface area (Å²) in [6.45, 7) is 0. The van der Waals surface area contributed by atoms with Crippen LogP contribution in [0, 0.1) is 0 Å². The molecule has 3 nitrogen and oxygen atoms in total. The molecule has 0 radical (unpaired) electrons. The zero-order valence-electron chi connectivity index (χ0n) is 8.68. The van der Waals surface area contributed by atoms with Gasteiger partial charge in [0.25, 0.3) is 0 Å². The van der Waals surface area contributed by atoms with Crippen LogP contribution < -0.4 is 4.74 Å². The molecule has 2 aromatic rings. The molecule has 1 unspecified atom stereocenters. The molecule has 0 bridgehead atoms. The second kappa shape index (κ2) is 4.72. The van der Waals surface area contributed by atoms with Crippen molar-refractivity contribution in [3.63, 3.8) is 0 Å². The Balaban J connectivity index is 2.31. The van der Waals surface area contributed by atoms with Gasteiger partial charge in [0, 0.05) is 5.56 Å². The van der Waals surface area contributed by atoms with Crippen LogP contribution in [0.25, 0.3) is 0 Å². The maximum Gasteiger partial charge on any atom is 0.133 e. The van der Waals surface area contributed by atoms with E-state index in [9.17, 15) is 5.11 Å². The van der Waals surface area contributed by atoms with E-state index in [1.165, 1.54) is 12.5 Å². The molecule has 0 saturated carbocycles.